The fraction of sp³-hybridized carbons (Fsp3) is 0.923. The van der Waals surface area contributed by atoms with Crippen LogP contribution in [-0.2, 0) is 4.79 Å². The molecule has 1 amide bonds. The maximum Gasteiger partial charge on any atom is 0.236 e. The Balaban J connectivity index is 2.17. The van der Waals surface area contributed by atoms with E-state index in [9.17, 15) is 4.79 Å². The largest absolute Gasteiger partial charge is 0.348 e. The third-order valence-corrected chi connectivity index (χ3v) is 3.25. The highest BCUT2D eigenvalue weighted by Crippen LogP contribution is 2.11. The minimum absolute atomic E-state index is 0.162. The summed E-state index contributed by atoms with van der Waals surface area (Å²) in [5.74, 6) is 0.907. The molecule has 0 aromatic heterocycles. The van der Waals surface area contributed by atoms with Crippen molar-refractivity contribution >= 4 is 5.91 Å². The number of rotatable bonds is 5. The first-order valence-electron chi connectivity index (χ1n) is 6.65. The molecule has 0 aliphatic carbocycles. The Morgan fingerprint density at radius 3 is 2.41 bits per heavy atom. The van der Waals surface area contributed by atoms with Crippen LogP contribution in [0.3, 0.4) is 0 Å². The lowest BCUT2D eigenvalue weighted by molar-refractivity contribution is -0.127. The molecule has 0 saturated carbocycles. The third kappa shape index (κ3) is 5.50. The van der Waals surface area contributed by atoms with E-state index in [0.29, 0.717) is 12.6 Å². The zero-order valence-electron chi connectivity index (χ0n) is 11.7. The summed E-state index contributed by atoms with van der Waals surface area (Å²) in [5.41, 5.74) is 0. The van der Waals surface area contributed by atoms with Gasteiger partial charge in [-0.2, -0.15) is 0 Å². The number of likely N-dealkylation sites (tertiary alicyclic amines) is 1. The minimum atomic E-state index is 0.162. The molecular formula is C13H27N3O. The van der Waals surface area contributed by atoms with E-state index in [1.165, 1.54) is 6.54 Å². The standard InChI is InChI=1S/C13H27N3O/c1-11(2)10-16-7-5-12(6-8-16)14-9-13(17)15(3)4/h11-12,14H,5-10H2,1-4H3. The molecule has 1 fully saturated rings. The van der Waals surface area contributed by atoms with Crippen molar-refractivity contribution < 1.29 is 4.79 Å². The number of nitrogens with one attached hydrogen (secondary N) is 1. The Morgan fingerprint density at radius 1 is 1.35 bits per heavy atom. The molecule has 1 aliphatic heterocycles. The van der Waals surface area contributed by atoms with Crippen LogP contribution in [0, 0.1) is 5.92 Å². The van der Waals surface area contributed by atoms with Crippen molar-refractivity contribution in [3.8, 4) is 0 Å². The number of amides is 1. The molecule has 0 bridgehead atoms. The van der Waals surface area contributed by atoms with Gasteiger partial charge in [-0.15, -0.1) is 0 Å². The molecule has 1 N–H and O–H groups in total. The second-order valence-electron chi connectivity index (χ2n) is 5.64. The van der Waals surface area contributed by atoms with Crippen LogP contribution >= 0.6 is 0 Å². The summed E-state index contributed by atoms with van der Waals surface area (Å²) in [7, 11) is 3.60. The van der Waals surface area contributed by atoms with Crippen LogP contribution < -0.4 is 5.32 Å². The quantitative estimate of drug-likeness (QED) is 0.773. The maximum absolute atomic E-state index is 11.4. The number of hydrogen-bond acceptors (Lipinski definition) is 3. The highest BCUT2D eigenvalue weighted by atomic mass is 16.2. The van der Waals surface area contributed by atoms with Crippen molar-refractivity contribution in [1.82, 2.24) is 15.1 Å². The van der Waals surface area contributed by atoms with E-state index < -0.39 is 0 Å². The van der Waals surface area contributed by atoms with Gasteiger partial charge in [0.1, 0.15) is 0 Å². The van der Waals surface area contributed by atoms with Gasteiger partial charge in [0.15, 0.2) is 0 Å². The molecule has 4 heteroatoms. The van der Waals surface area contributed by atoms with Crippen LogP contribution in [0.4, 0.5) is 0 Å². The fourth-order valence-corrected chi connectivity index (χ4v) is 2.23. The Kier molecular flexibility index (Phi) is 5.92. The summed E-state index contributed by atoms with van der Waals surface area (Å²) >= 11 is 0. The van der Waals surface area contributed by atoms with E-state index in [-0.39, 0.29) is 5.91 Å². The molecular weight excluding hydrogens is 214 g/mol. The zero-order chi connectivity index (χ0) is 12.8. The monoisotopic (exact) mass is 241 g/mol. The van der Waals surface area contributed by atoms with Crippen LogP contribution in [-0.4, -0.2) is 62.0 Å². The lowest BCUT2D eigenvalue weighted by Gasteiger charge is -2.33. The molecule has 0 unspecified atom stereocenters. The number of nitrogens with zero attached hydrogens (tertiary/aromatic N) is 2. The molecule has 4 nitrogen and oxygen atoms in total. The second-order valence-corrected chi connectivity index (χ2v) is 5.64. The van der Waals surface area contributed by atoms with Crippen molar-refractivity contribution in [2.75, 3.05) is 40.3 Å². The van der Waals surface area contributed by atoms with Crippen molar-refractivity contribution in [3.05, 3.63) is 0 Å². The Hall–Kier alpha value is -0.610. The summed E-state index contributed by atoms with van der Waals surface area (Å²) in [6, 6.07) is 0.516. The zero-order valence-corrected chi connectivity index (χ0v) is 11.7. The van der Waals surface area contributed by atoms with Gasteiger partial charge in [0.2, 0.25) is 5.91 Å². The number of carbonyl (C=O) groups is 1. The van der Waals surface area contributed by atoms with Crippen LogP contribution in [0.2, 0.25) is 0 Å². The van der Waals surface area contributed by atoms with Gasteiger partial charge < -0.3 is 15.1 Å². The van der Waals surface area contributed by atoms with Crippen LogP contribution in [0.1, 0.15) is 26.7 Å². The lowest BCUT2D eigenvalue weighted by Crippen LogP contribution is -2.46. The Bertz CT molecular complexity index is 233. The van der Waals surface area contributed by atoms with E-state index in [1.54, 1.807) is 19.0 Å². The number of carbonyl (C=O) groups excluding carboxylic acids is 1. The first-order chi connectivity index (χ1) is 7.99. The minimum Gasteiger partial charge on any atom is -0.348 e. The van der Waals surface area contributed by atoms with Gasteiger partial charge in [-0.05, 0) is 31.8 Å². The molecule has 1 saturated heterocycles. The summed E-state index contributed by atoms with van der Waals surface area (Å²) in [6.45, 7) is 8.52. The predicted molar refractivity (Wildman–Crippen MR) is 71.0 cm³/mol. The highest BCUT2D eigenvalue weighted by molar-refractivity contribution is 5.77. The van der Waals surface area contributed by atoms with Crippen molar-refractivity contribution in [2.24, 2.45) is 5.92 Å². The Labute approximate surface area is 105 Å². The highest BCUT2D eigenvalue weighted by Gasteiger charge is 2.19. The van der Waals surface area contributed by atoms with Gasteiger partial charge in [0, 0.05) is 26.7 Å². The number of likely N-dealkylation sites (N-methyl/N-ethyl adjacent to an activating group) is 1. The van der Waals surface area contributed by atoms with Crippen LogP contribution in [0.15, 0.2) is 0 Å². The number of piperidine rings is 1. The van der Waals surface area contributed by atoms with E-state index in [4.69, 9.17) is 0 Å². The fourth-order valence-electron chi connectivity index (χ4n) is 2.23. The van der Waals surface area contributed by atoms with Gasteiger partial charge in [-0.3, -0.25) is 4.79 Å². The van der Waals surface area contributed by atoms with Crippen molar-refractivity contribution in [2.45, 2.75) is 32.7 Å². The molecule has 1 aliphatic rings. The SMILES string of the molecule is CC(C)CN1CCC(NCC(=O)N(C)C)CC1. The molecule has 0 radical (unpaired) electrons. The summed E-state index contributed by atoms with van der Waals surface area (Å²) in [4.78, 5) is 15.6. The van der Waals surface area contributed by atoms with Gasteiger partial charge in [0.05, 0.1) is 6.54 Å². The second kappa shape index (κ2) is 6.97. The predicted octanol–water partition coefficient (Wildman–Crippen LogP) is 0.785. The first kappa shape index (κ1) is 14.5. The van der Waals surface area contributed by atoms with Gasteiger partial charge in [-0.25, -0.2) is 0 Å². The number of hydrogen-bond donors (Lipinski definition) is 1. The molecule has 100 valence electrons. The van der Waals surface area contributed by atoms with E-state index in [0.717, 1.165) is 31.8 Å². The topological polar surface area (TPSA) is 35.6 Å². The summed E-state index contributed by atoms with van der Waals surface area (Å²) in [6.07, 6.45) is 2.32. The van der Waals surface area contributed by atoms with Crippen LogP contribution in [0.5, 0.6) is 0 Å². The Morgan fingerprint density at radius 2 is 1.94 bits per heavy atom. The van der Waals surface area contributed by atoms with Gasteiger partial charge in [0.25, 0.3) is 0 Å². The lowest BCUT2D eigenvalue weighted by atomic mass is 10.0. The van der Waals surface area contributed by atoms with E-state index >= 15 is 0 Å². The van der Waals surface area contributed by atoms with Crippen molar-refractivity contribution in [1.29, 1.82) is 0 Å². The summed E-state index contributed by atoms with van der Waals surface area (Å²) < 4.78 is 0. The molecule has 17 heavy (non-hydrogen) atoms. The normalized spacial score (nSPS) is 18.6. The molecule has 1 heterocycles. The molecule has 0 aromatic rings. The van der Waals surface area contributed by atoms with Gasteiger partial charge in [-0.1, -0.05) is 13.8 Å². The van der Waals surface area contributed by atoms with Gasteiger partial charge >= 0.3 is 0 Å². The first-order valence-corrected chi connectivity index (χ1v) is 6.65. The molecule has 0 atom stereocenters. The summed E-state index contributed by atoms with van der Waals surface area (Å²) in [5, 5.41) is 3.36. The van der Waals surface area contributed by atoms with E-state index in [1.807, 2.05) is 0 Å². The average molecular weight is 241 g/mol. The van der Waals surface area contributed by atoms with Crippen molar-refractivity contribution in [3.63, 3.8) is 0 Å². The smallest absolute Gasteiger partial charge is 0.236 e. The average Bonchev–Trinajstić information content (AvgIpc) is 2.26. The third-order valence-electron chi connectivity index (χ3n) is 3.25. The molecule has 1 rings (SSSR count). The van der Waals surface area contributed by atoms with Crippen LogP contribution in [0.25, 0.3) is 0 Å². The van der Waals surface area contributed by atoms with E-state index in [2.05, 4.69) is 24.1 Å². The molecule has 0 aromatic carbocycles. The maximum atomic E-state index is 11.4. The molecule has 0 spiro atoms.